The molecule has 4 aromatic rings. The molecule has 184 valence electrons. The van der Waals surface area contributed by atoms with Crippen LogP contribution in [0.3, 0.4) is 0 Å². The van der Waals surface area contributed by atoms with Crippen LogP contribution in [0.5, 0.6) is 0 Å². The molecule has 4 heterocycles. The van der Waals surface area contributed by atoms with E-state index in [9.17, 15) is 0 Å². The summed E-state index contributed by atoms with van der Waals surface area (Å²) in [6.07, 6.45) is 5.08. The fourth-order valence-electron chi connectivity index (χ4n) is 3.86. The van der Waals surface area contributed by atoms with Gasteiger partial charge in [0.15, 0.2) is 23.3 Å². The van der Waals surface area contributed by atoms with Crippen LogP contribution in [0.15, 0.2) is 49.1 Å². The topological polar surface area (TPSA) is 87.2 Å². The molecule has 0 N–H and O–H groups in total. The van der Waals surface area contributed by atoms with Gasteiger partial charge in [0.05, 0.1) is 11.4 Å². The normalized spacial score (nSPS) is 12.8. The van der Waals surface area contributed by atoms with E-state index in [-0.39, 0.29) is 10.8 Å². The van der Waals surface area contributed by atoms with Gasteiger partial charge in [0, 0.05) is 18.3 Å². The molecule has 0 bridgehead atoms. The Bertz CT molecular complexity index is 1200. The Labute approximate surface area is 207 Å². The molecule has 0 saturated carbocycles. The summed E-state index contributed by atoms with van der Waals surface area (Å²) in [4.78, 5) is 18.8. The van der Waals surface area contributed by atoms with Crippen LogP contribution < -0.4 is 0 Å². The first-order chi connectivity index (χ1) is 16.3. The zero-order valence-corrected chi connectivity index (χ0v) is 22.1. The van der Waals surface area contributed by atoms with Gasteiger partial charge in [0.1, 0.15) is 12.7 Å². The van der Waals surface area contributed by atoms with Crippen LogP contribution in [-0.2, 0) is 18.3 Å². The van der Waals surface area contributed by atoms with Gasteiger partial charge >= 0.3 is 0 Å². The van der Waals surface area contributed by atoms with Crippen molar-refractivity contribution < 1.29 is 0 Å². The fourth-order valence-corrected chi connectivity index (χ4v) is 3.86. The van der Waals surface area contributed by atoms with E-state index in [1.165, 1.54) is 0 Å². The van der Waals surface area contributed by atoms with E-state index in [4.69, 9.17) is 9.97 Å². The maximum atomic E-state index is 4.93. The van der Waals surface area contributed by atoms with Crippen molar-refractivity contribution in [2.75, 3.05) is 0 Å². The molecule has 0 aromatic carbocycles. The molecular weight excluding hydrogens is 436 g/mol. The molecular formula is C27H36N8. The monoisotopic (exact) mass is 472 g/mol. The minimum absolute atomic E-state index is 0.123. The maximum Gasteiger partial charge on any atom is 0.155 e. The molecule has 4 rings (SSSR count). The molecule has 0 aliphatic carbocycles. The number of nitrogens with zero attached hydrogens (tertiary/aromatic N) is 8. The van der Waals surface area contributed by atoms with E-state index >= 15 is 0 Å². The summed E-state index contributed by atoms with van der Waals surface area (Å²) in [5, 5.41) is 9.30. The molecule has 0 saturated heterocycles. The van der Waals surface area contributed by atoms with Crippen LogP contribution in [0, 0.1) is 10.8 Å². The summed E-state index contributed by atoms with van der Waals surface area (Å²) in [5.41, 5.74) is 1.62. The van der Waals surface area contributed by atoms with Crippen LogP contribution >= 0.6 is 0 Å². The van der Waals surface area contributed by atoms with E-state index in [1.807, 2.05) is 36.4 Å². The van der Waals surface area contributed by atoms with Crippen molar-refractivity contribution in [1.29, 1.82) is 0 Å². The smallest absolute Gasteiger partial charge is 0.155 e. The van der Waals surface area contributed by atoms with Crippen molar-refractivity contribution in [3.63, 3.8) is 0 Å². The Morgan fingerprint density at radius 3 is 1.37 bits per heavy atom. The standard InChI is InChI=1S/C27H36N8/c1-25(2,3)15-21-28-17-34(32-21)23-13-9-11-19(30-23)27(7,8)20-12-10-14-24(31-20)35-18-29-22(33-35)16-26(4,5)6/h9-14,17-18H,15-16H2,1-8H3. The highest BCUT2D eigenvalue weighted by atomic mass is 15.4. The average Bonchev–Trinajstić information content (AvgIpc) is 3.41. The molecule has 4 aromatic heterocycles. The lowest BCUT2D eigenvalue weighted by atomic mass is 9.84. The van der Waals surface area contributed by atoms with Gasteiger partial charge in [-0.3, -0.25) is 0 Å². The van der Waals surface area contributed by atoms with E-state index in [0.717, 1.165) is 47.5 Å². The predicted octanol–water partition coefficient (Wildman–Crippen LogP) is 5.14. The SMILES string of the molecule is CC(C)(C)Cc1ncn(-c2cccc(C(C)(C)c3cccc(-n4cnc(CC(C)(C)C)n4)n3)n2)n1. The summed E-state index contributed by atoms with van der Waals surface area (Å²) in [6.45, 7) is 17.3. The largest absolute Gasteiger partial charge is 0.233 e. The third-order valence-electron chi connectivity index (χ3n) is 5.67. The maximum absolute atomic E-state index is 4.93. The van der Waals surface area contributed by atoms with E-state index in [0.29, 0.717) is 0 Å². The number of pyridine rings is 2. The highest BCUT2D eigenvalue weighted by molar-refractivity contribution is 5.35. The van der Waals surface area contributed by atoms with Crippen molar-refractivity contribution in [1.82, 2.24) is 39.5 Å². The Balaban J connectivity index is 1.61. The molecule has 0 aliphatic rings. The van der Waals surface area contributed by atoms with E-state index in [1.54, 1.807) is 22.0 Å². The second kappa shape index (κ2) is 8.98. The highest BCUT2D eigenvalue weighted by Gasteiger charge is 2.27. The lowest BCUT2D eigenvalue weighted by Crippen LogP contribution is -2.23. The van der Waals surface area contributed by atoms with Gasteiger partial charge in [-0.05, 0) is 48.9 Å². The summed E-state index contributed by atoms with van der Waals surface area (Å²) >= 11 is 0. The number of hydrogen-bond acceptors (Lipinski definition) is 6. The van der Waals surface area contributed by atoms with Gasteiger partial charge in [-0.15, -0.1) is 10.2 Å². The van der Waals surface area contributed by atoms with Crippen molar-refractivity contribution in [2.45, 2.75) is 73.6 Å². The molecule has 35 heavy (non-hydrogen) atoms. The summed E-state index contributed by atoms with van der Waals surface area (Å²) in [6, 6.07) is 12.0. The highest BCUT2D eigenvalue weighted by Crippen LogP contribution is 2.30. The van der Waals surface area contributed by atoms with Gasteiger partial charge in [-0.25, -0.2) is 29.3 Å². The van der Waals surface area contributed by atoms with Gasteiger partial charge in [-0.1, -0.05) is 53.7 Å². The summed E-state index contributed by atoms with van der Waals surface area (Å²) < 4.78 is 3.49. The van der Waals surface area contributed by atoms with E-state index < -0.39 is 5.41 Å². The van der Waals surface area contributed by atoms with Crippen LogP contribution in [0.4, 0.5) is 0 Å². The second-order valence-electron chi connectivity index (χ2n) is 12.1. The number of rotatable bonds is 6. The molecule has 0 aliphatic heterocycles. The average molecular weight is 473 g/mol. The van der Waals surface area contributed by atoms with E-state index in [2.05, 4.69) is 75.6 Å². The molecule has 0 amide bonds. The zero-order chi connectivity index (χ0) is 25.4. The van der Waals surface area contributed by atoms with Gasteiger partial charge in [0.2, 0.25) is 0 Å². The first-order valence-corrected chi connectivity index (χ1v) is 12.1. The predicted molar refractivity (Wildman–Crippen MR) is 137 cm³/mol. The molecule has 0 unspecified atom stereocenters. The minimum atomic E-state index is -0.435. The molecule has 0 spiro atoms. The Hall–Kier alpha value is -3.42. The third kappa shape index (κ3) is 5.99. The third-order valence-corrected chi connectivity index (χ3v) is 5.67. The zero-order valence-electron chi connectivity index (χ0n) is 22.1. The van der Waals surface area contributed by atoms with Crippen molar-refractivity contribution in [3.05, 3.63) is 72.1 Å². The van der Waals surface area contributed by atoms with Crippen LogP contribution in [0.1, 0.15) is 78.4 Å². The summed E-state index contributed by atoms with van der Waals surface area (Å²) in [5.74, 6) is 3.11. The number of aromatic nitrogens is 8. The quantitative estimate of drug-likeness (QED) is 0.386. The van der Waals surface area contributed by atoms with Crippen molar-refractivity contribution >= 4 is 0 Å². The summed E-state index contributed by atoms with van der Waals surface area (Å²) in [7, 11) is 0. The van der Waals surface area contributed by atoms with Crippen molar-refractivity contribution in [3.8, 4) is 11.6 Å². The Morgan fingerprint density at radius 1 is 0.600 bits per heavy atom. The van der Waals surface area contributed by atoms with Crippen LogP contribution in [-0.4, -0.2) is 39.5 Å². The molecule has 8 heteroatoms. The van der Waals surface area contributed by atoms with Crippen LogP contribution in [0.25, 0.3) is 11.6 Å². The van der Waals surface area contributed by atoms with Gasteiger partial charge < -0.3 is 0 Å². The lowest BCUT2D eigenvalue weighted by molar-refractivity contribution is 0.400. The van der Waals surface area contributed by atoms with Gasteiger partial charge in [0.25, 0.3) is 0 Å². The molecule has 0 fully saturated rings. The first kappa shape index (κ1) is 24.7. The van der Waals surface area contributed by atoms with Crippen molar-refractivity contribution in [2.24, 2.45) is 10.8 Å². The van der Waals surface area contributed by atoms with Crippen LogP contribution in [0.2, 0.25) is 0 Å². The second-order valence-corrected chi connectivity index (χ2v) is 12.1. The Kier molecular flexibility index (Phi) is 6.34. The first-order valence-electron chi connectivity index (χ1n) is 12.1. The lowest BCUT2D eigenvalue weighted by Gasteiger charge is -2.24. The molecule has 8 nitrogen and oxygen atoms in total. The Morgan fingerprint density at radius 2 is 1.00 bits per heavy atom. The molecule has 0 radical (unpaired) electrons. The van der Waals surface area contributed by atoms with Gasteiger partial charge in [-0.2, -0.15) is 0 Å². The molecule has 0 atom stereocenters. The minimum Gasteiger partial charge on any atom is -0.233 e. The fraction of sp³-hybridized carbons (Fsp3) is 0.481. The number of hydrogen-bond donors (Lipinski definition) is 0.